The second-order valence-corrected chi connectivity index (χ2v) is 6.97. The predicted molar refractivity (Wildman–Crippen MR) is 104 cm³/mol. The van der Waals surface area contributed by atoms with Crippen LogP contribution in [0.25, 0.3) is 17.2 Å². The first-order valence-corrected chi connectivity index (χ1v) is 9.49. The molecule has 4 aromatic heterocycles. The van der Waals surface area contributed by atoms with Crippen molar-refractivity contribution in [2.75, 3.05) is 24.6 Å². The molecular weight excluding hydrogens is 411 g/mol. The molecular formula is C20H16F3N7O. The molecule has 0 aromatic carbocycles. The molecule has 0 N–H and O–H groups in total. The minimum atomic E-state index is -4.56. The molecule has 11 heteroatoms. The number of pyridine rings is 1. The number of rotatable bonds is 3. The maximum Gasteiger partial charge on any atom is 0.434 e. The fraction of sp³-hybridized carbons (Fsp3) is 0.250. The highest BCUT2D eigenvalue weighted by atomic mass is 19.4. The Morgan fingerprint density at radius 3 is 2.74 bits per heavy atom. The van der Waals surface area contributed by atoms with Crippen molar-refractivity contribution in [2.24, 2.45) is 0 Å². The lowest BCUT2D eigenvalue weighted by molar-refractivity contribution is -0.141. The minimum Gasteiger partial charge on any atom is -0.370 e. The number of morpholine rings is 1. The van der Waals surface area contributed by atoms with Crippen LogP contribution >= 0.6 is 0 Å². The van der Waals surface area contributed by atoms with Gasteiger partial charge in [-0.2, -0.15) is 13.2 Å². The number of halogens is 3. The van der Waals surface area contributed by atoms with Gasteiger partial charge in [-0.15, -0.1) is 0 Å². The van der Waals surface area contributed by atoms with Crippen LogP contribution in [-0.4, -0.2) is 49.0 Å². The number of ether oxygens (including phenoxy) is 1. The lowest BCUT2D eigenvalue weighted by atomic mass is 10.1. The number of aromatic nitrogens is 6. The van der Waals surface area contributed by atoms with E-state index in [1.807, 2.05) is 12.1 Å². The Kier molecular flexibility index (Phi) is 4.74. The fourth-order valence-corrected chi connectivity index (χ4v) is 3.48. The van der Waals surface area contributed by atoms with Crippen LogP contribution in [0.4, 0.5) is 19.0 Å². The van der Waals surface area contributed by atoms with Crippen LogP contribution < -0.4 is 4.90 Å². The van der Waals surface area contributed by atoms with E-state index in [-0.39, 0.29) is 17.6 Å². The molecule has 1 saturated heterocycles. The smallest absolute Gasteiger partial charge is 0.370 e. The highest BCUT2D eigenvalue weighted by Gasteiger charge is 2.33. The van der Waals surface area contributed by atoms with E-state index in [9.17, 15) is 13.2 Å². The van der Waals surface area contributed by atoms with Gasteiger partial charge < -0.3 is 9.64 Å². The molecule has 0 amide bonds. The Bertz CT molecular complexity index is 1210. The summed E-state index contributed by atoms with van der Waals surface area (Å²) in [5, 5.41) is 0. The van der Waals surface area contributed by atoms with Gasteiger partial charge in [0, 0.05) is 43.4 Å². The lowest BCUT2D eigenvalue weighted by Gasteiger charge is -2.33. The van der Waals surface area contributed by atoms with E-state index in [1.54, 1.807) is 24.7 Å². The first kappa shape index (κ1) is 19.4. The van der Waals surface area contributed by atoms with Crippen LogP contribution in [0.15, 0.2) is 55.4 Å². The summed E-state index contributed by atoms with van der Waals surface area (Å²) < 4.78 is 46.4. The second-order valence-electron chi connectivity index (χ2n) is 6.97. The Hall–Kier alpha value is -3.60. The van der Waals surface area contributed by atoms with Crippen LogP contribution in [0.5, 0.6) is 0 Å². The number of fused-ring (bicyclic) bond motifs is 1. The maximum absolute atomic E-state index is 13.1. The molecule has 5 rings (SSSR count). The zero-order valence-electron chi connectivity index (χ0n) is 16.1. The molecule has 1 fully saturated rings. The van der Waals surface area contributed by atoms with Crippen LogP contribution in [0, 0.1) is 0 Å². The predicted octanol–water partition coefficient (Wildman–Crippen LogP) is 3.18. The van der Waals surface area contributed by atoms with E-state index < -0.39 is 11.9 Å². The van der Waals surface area contributed by atoms with Crippen molar-refractivity contribution in [2.45, 2.75) is 12.3 Å². The summed E-state index contributed by atoms with van der Waals surface area (Å²) in [5.74, 6) is 0.927. The highest BCUT2D eigenvalue weighted by molar-refractivity contribution is 5.58. The molecule has 31 heavy (non-hydrogen) atoms. The zero-order chi connectivity index (χ0) is 21.4. The van der Waals surface area contributed by atoms with Crippen molar-refractivity contribution in [1.29, 1.82) is 0 Å². The molecule has 5 heterocycles. The van der Waals surface area contributed by atoms with E-state index in [0.29, 0.717) is 31.2 Å². The van der Waals surface area contributed by atoms with Gasteiger partial charge in [0.15, 0.2) is 17.2 Å². The van der Waals surface area contributed by atoms with Crippen molar-refractivity contribution >= 4 is 11.5 Å². The van der Waals surface area contributed by atoms with Crippen molar-refractivity contribution in [3.05, 3.63) is 66.6 Å². The van der Waals surface area contributed by atoms with Crippen molar-refractivity contribution in [3.8, 4) is 11.5 Å². The average Bonchev–Trinajstić information content (AvgIpc) is 3.23. The lowest BCUT2D eigenvalue weighted by Crippen LogP contribution is -2.39. The van der Waals surface area contributed by atoms with E-state index >= 15 is 0 Å². The number of imidazole rings is 1. The third kappa shape index (κ3) is 3.79. The summed E-state index contributed by atoms with van der Waals surface area (Å²) in [4.78, 5) is 22.6. The summed E-state index contributed by atoms with van der Waals surface area (Å²) in [6, 6.07) is 5.58. The quantitative estimate of drug-likeness (QED) is 0.497. The van der Waals surface area contributed by atoms with Crippen LogP contribution in [0.1, 0.15) is 17.4 Å². The van der Waals surface area contributed by atoms with Gasteiger partial charge in [-0.1, -0.05) is 6.07 Å². The summed E-state index contributed by atoms with van der Waals surface area (Å²) >= 11 is 0. The van der Waals surface area contributed by atoms with Gasteiger partial charge in [-0.05, 0) is 12.1 Å². The molecule has 1 aliphatic heterocycles. The number of anilines is 1. The summed E-state index contributed by atoms with van der Waals surface area (Å²) in [6.07, 6.45) is 3.76. The number of nitrogens with zero attached hydrogens (tertiary/aromatic N) is 7. The van der Waals surface area contributed by atoms with Gasteiger partial charge in [-0.25, -0.2) is 19.9 Å². The zero-order valence-corrected chi connectivity index (χ0v) is 16.1. The summed E-state index contributed by atoms with van der Waals surface area (Å²) in [6.45, 7) is 1.70. The Morgan fingerprint density at radius 1 is 1.03 bits per heavy atom. The van der Waals surface area contributed by atoms with Crippen LogP contribution in [0.2, 0.25) is 0 Å². The molecule has 1 atom stereocenters. The second kappa shape index (κ2) is 7.58. The van der Waals surface area contributed by atoms with Crippen molar-refractivity contribution < 1.29 is 17.9 Å². The van der Waals surface area contributed by atoms with Gasteiger partial charge in [0.25, 0.3) is 0 Å². The molecule has 1 unspecified atom stereocenters. The van der Waals surface area contributed by atoms with Crippen molar-refractivity contribution in [3.63, 3.8) is 0 Å². The normalized spacial score (nSPS) is 17.3. The summed E-state index contributed by atoms with van der Waals surface area (Å²) in [7, 11) is 0. The van der Waals surface area contributed by atoms with Gasteiger partial charge in [-0.3, -0.25) is 9.38 Å². The standard InChI is InChI=1S/C20H16F3N7O/c21-20(22,23)16-12-30-14(9-27-18(30)10-26-16)19-25-5-3-17(28-19)29-6-7-31-15(11-29)13-2-1-4-24-8-13/h1-5,8-10,12,15H,6-7,11H2. The molecule has 0 bridgehead atoms. The number of hydrogen-bond acceptors (Lipinski definition) is 7. The SMILES string of the molecule is FC(F)(F)c1cn2c(-c3nccc(N4CCOC(c5cccnc5)C4)n3)cnc2cn1. The van der Waals surface area contributed by atoms with Crippen LogP contribution in [0.3, 0.4) is 0 Å². The third-order valence-corrected chi connectivity index (χ3v) is 5.00. The third-order valence-electron chi connectivity index (χ3n) is 5.00. The Labute approximate surface area is 174 Å². The topological polar surface area (TPSA) is 81.3 Å². The Morgan fingerprint density at radius 2 is 1.94 bits per heavy atom. The van der Waals surface area contributed by atoms with Gasteiger partial charge in [0.1, 0.15) is 17.6 Å². The van der Waals surface area contributed by atoms with Gasteiger partial charge in [0.2, 0.25) is 0 Å². The first-order valence-electron chi connectivity index (χ1n) is 9.49. The largest absolute Gasteiger partial charge is 0.434 e. The Balaban J connectivity index is 1.47. The van der Waals surface area contributed by atoms with Gasteiger partial charge >= 0.3 is 6.18 Å². The first-order chi connectivity index (χ1) is 15.0. The molecule has 0 aliphatic carbocycles. The monoisotopic (exact) mass is 427 g/mol. The van der Waals surface area contributed by atoms with E-state index in [1.165, 1.54) is 10.6 Å². The van der Waals surface area contributed by atoms with Crippen LogP contribution in [-0.2, 0) is 10.9 Å². The molecule has 158 valence electrons. The molecule has 8 nitrogen and oxygen atoms in total. The molecule has 0 saturated carbocycles. The van der Waals surface area contributed by atoms with E-state index in [4.69, 9.17) is 4.74 Å². The average molecular weight is 427 g/mol. The maximum atomic E-state index is 13.1. The van der Waals surface area contributed by atoms with Crippen molar-refractivity contribution in [1.82, 2.24) is 29.3 Å². The number of alkyl halides is 3. The summed E-state index contributed by atoms with van der Waals surface area (Å²) in [5.41, 5.74) is 0.583. The highest BCUT2D eigenvalue weighted by Crippen LogP contribution is 2.29. The van der Waals surface area contributed by atoms with E-state index in [2.05, 4.69) is 29.8 Å². The van der Waals surface area contributed by atoms with Gasteiger partial charge in [0.05, 0.1) is 19.0 Å². The molecule has 0 spiro atoms. The minimum absolute atomic E-state index is 0.155. The molecule has 4 aromatic rings. The fourth-order valence-electron chi connectivity index (χ4n) is 3.48. The van der Waals surface area contributed by atoms with E-state index in [0.717, 1.165) is 18.0 Å². The number of hydrogen-bond donors (Lipinski definition) is 0. The molecule has 0 radical (unpaired) electrons. The molecule has 1 aliphatic rings.